The summed E-state index contributed by atoms with van der Waals surface area (Å²) < 4.78 is 0. The lowest BCUT2D eigenvalue weighted by Gasteiger charge is -2.30. The summed E-state index contributed by atoms with van der Waals surface area (Å²) in [6.07, 6.45) is 5.31. The summed E-state index contributed by atoms with van der Waals surface area (Å²) in [5.74, 6) is 0.405. The molecule has 19 heavy (non-hydrogen) atoms. The van der Waals surface area contributed by atoms with Crippen LogP contribution in [0.5, 0.6) is 0 Å². The molecule has 3 N–H and O–H groups in total. The fourth-order valence-corrected chi connectivity index (χ4v) is 2.91. The number of carbonyl (C=O) groups excluding carboxylic acids is 1. The first-order chi connectivity index (χ1) is 9.08. The molecule has 1 aliphatic rings. The van der Waals surface area contributed by atoms with Crippen molar-refractivity contribution < 1.29 is 4.79 Å². The highest BCUT2D eigenvalue weighted by molar-refractivity contribution is 5.93. The zero-order valence-electron chi connectivity index (χ0n) is 11.9. The second-order valence-corrected chi connectivity index (χ2v) is 5.75. The smallest absolute Gasteiger partial charge is 0.248 e. The van der Waals surface area contributed by atoms with Gasteiger partial charge < -0.3 is 11.1 Å². The summed E-state index contributed by atoms with van der Waals surface area (Å²) in [7, 11) is 0. The maximum absolute atomic E-state index is 11.1. The van der Waals surface area contributed by atoms with Gasteiger partial charge in [-0.1, -0.05) is 25.8 Å². The van der Waals surface area contributed by atoms with E-state index in [1.54, 1.807) is 0 Å². The Morgan fingerprint density at radius 1 is 1.37 bits per heavy atom. The average molecular weight is 260 g/mol. The quantitative estimate of drug-likeness (QED) is 0.874. The first kappa shape index (κ1) is 14.1. The van der Waals surface area contributed by atoms with Crippen molar-refractivity contribution >= 4 is 5.91 Å². The van der Waals surface area contributed by atoms with E-state index in [-0.39, 0.29) is 5.91 Å². The van der Waals surface area contributed by atoms with Crippen molar-refractivity contribution in [3.8, 4) is 0 Å². The summed E-state index contributed by atoms with van der Waals surface area (Å²) >= 11 is 0. The number of aryl methyl sites for hydroxylation is 1. The minimum Gasteiger partial charge on any atom is -0.366 e. The predicted molar refractivity (Wildman–Crippen MR) is 78.0 cm³/mol. The van der Waals surface area contributed by atoms with E-state index in [2.05, 4.69) is 12.2 Å². The highest BCUT2D eigenvalue weighted by Gasteiger charge is 2.20. The lowest BCUT2D eigenvalue weighted by atomic mass is 9.86. The highest BCUT2D eigenvalue weighted by Crippen LogP contribution is 2.24. The topological polar surface area (TPSA) is 55.1 Å². The molecule has 0 bridgehead atoms. The molecule has 1 aliphatic carbocycles. The Hall–Kier alpha value is -1.35. The second kappa shape index (κ2) is 6.20. The molecule has 0 radical (unpaired) electrons. The fourth-order valence-electron chi connectivity index (χ4n) is 2.91. The van der Waals surface area contributed by atoms with Gasteiger partial charge >= 0.3 is 0 Å². The zero-order valence-corrected chi connectivity index (χ0v) is 11.9. The molecule has 0 aliphatic heterocycles. The molecule has 3 nitrogen and oxygen atoms in total. The predicted octanol–water partition coefficient (Wildman–Crippen LogP) is 2.76. The van der Waals surface area contributed by atoms with Crippen LogP contribution < -0.4 is 11.1 Å². The van der Waals surface area contributed by atoms with E-state index in [1.807, 2.05) is 25.1 Å². The average Bonchev–Trinajstić information content (AvgIpc) is 2.39. The van der Waals surface area contributed by atoms with E-state index in [9.17, 15) is 4.79 Å². The molecule has 1 aromatic carbocycles. The van der Waals surface area contributed by atoms with Gasteiger partial charge in [-0.3, -0.25) is 4.79 Å². The number of nitrogens with two attached hydrogens (primary N) is 1. The lowest BCUT2D eigenvalue weighted by molar-refractivity contribution is 0.1000. The molecule has 0 aromatic heterocycles. The third kappa shape index (κ3) is 3.57. The van der Waals surface area contributed by atoms with Crippen molar-refractivity contribution in [2.45, 2.75) is 52.1 Å². The molecule has 2 rings (SSSR count). The van der Waals surface area contributed by atoms with Crippen molar-refractivity contribution in [1.82, 2.24) is 5.32 Å². The number of benzene rings is 1. The van der Waals surface area contributed by atoms with E-state index >= 15 is 0 Å². The second-order valence-electron chi connectivity index (χ2n) is 5.75. The summed E-state index contributed by atoms with van der Waals surface area (Å²) in [5, 5.41) is 3.66. The monoisotopic (exact) mass is 260 g/mol. The van der Waals surface area contributed by atoms with Crippen LogP contribution >= 0.6 is 0 Å². The van der Waals surface area contributed by atoms with Crippen molar-refractivity contribution in [3.05, 3.63) is 34.9 Å². The van der Waals surface area contributed by atoms with Crippen LogP contribution in [-0.4, -0.2) is 11.9 Å². The third-order valence-electron chi connectivity index (χ3n) is 4.29. The van der Waals surface area contributed by atoms with E-state index in [0.717, 1.165) is 18.0 Å². The van der Waals surface area contributed by atoms with Gasteiger partial charge in [-0.25, -0.2) is 0 Å². The molecule has 3 heteroatoms. The summed E-state index contributed by atoms with van der Waals surface area (Å²) in [5.41, 5.74) is 8.26. The Kier molecular flexibility index (Phi) is 4.59. The van der Waals surface area contributed by atoms with Crippen LogP contribution in [-0.2, 0) is 6.54 Å². The van der Waals surface area contributed by atoms with Gasteiger partial charge in [0.1, 0.15) is 0 Å². The molecule has 0 saturated heterocycles. The molecule has 2 unspecified atom stereocenters. The van der Waals surface area contributed by atoms with Crippen molar-refractivity contribution in [3.63, 3.8) is 0 Å². The first-order valence-electron chi connectivity index (χ1n) is 7.20. The van der Waals surface area contributed by atoms with Gasteiger partial charge in [0.2, 0.25) is 5.91 Å². The number of primary amides is 1. The number of amides is 1. The number of nitrogens with one attached hydrogen (secondary N) is 1. The van der Waals surface area contributed by atoms with Gasteiger partial charge in [0.05, 0.1) is 0 Å². The van der Waals surface area contributed by atoms with Crippen molar-refractivity contribution in [2.75, 3.05) is 0 Å². The first-order valence-corrected chi connectivity index (χ1v) is 7.20. The van der Waals surface area contributed by atoms with E-state index in [1.165, 1.54) is 31.2 Å². The van der Waals surface area contributed by atoms with Crippen molar-refractivity contribution in [1.29, 1.82) is 0 Å². The van der Waals surface area contributed by atoms with Crippen LogP contribution in [0.4, 0.5) is 0 Å². The molecule has 0 heterocycles. The zero-order chi connectivity index (χ0) is 13.8. The minimum absolute atomic E-state index is 0.358. The molecule has 1 fully saturated rings. The fraction of sp³-hybridized carbons (Fsp3) is 0.562. The maximum Gasteiger partial charge on any atom is 0.248 e. The molecular formula is C16H24N2O. The highest BCUT2D eigenvalue weighted by atomic mass is 16.1. The molecule has 1 amide bonds. The SMILES string of the molecule is Cc1cc(C(N)=O)ccc1CNC1CCCCC1C. The van der Waals surface area contributed by atoms with Crippen LogP contribution in [0.2, 0.25) is 0 Å². The lowest BCUT2D eigenvalue weighted by Crippen LogP contribution is -2.36. The largest absolute Gasteiger partial charge is 0.366 e. The Labute approximate surface area is 115 Å². The number of hydrogen-bond acceptors (Lipinski definition) is 2. The summed E-state index contributed by atoms with van der Waals surface area (Å²) in [4.78, 5) is 11.1. The maximum atomic E-state index is 11.1. The van der Waals surface area contributed by atoms with Gasteiger partial charge in [-0.15, -0.1) is 0 Å². The van der Waals surface area contributed by atoms with Crippen LogP contribution in [0.1, 0.15) is 54.1 Å². The Morgan fingerprint density at radius 3 is 2.74 bits per heavy atom. The molecule has 2 atom stereocenters. The third-order valence-corrected chi connectivity index (χ3v) is 4.29. The van der Waals surface area contributed by atoms with Crippen LogP contribution in [0.15, 0.2) is 18.2 Å². The van der Waals surface area contributed by atoms with Crippen LogP contribution in [0.3, 0.4) is 0 Å². The normalized spacial score (nSPS) is 23.3. The van der Waals surface area contributed by atoms with E-state index in [0.29, 0.717) is 11.6 Å². The number of hydrogen-bond donors (Lipinski definition) is 2. The standard InChI is InChI=1S/C16H24N2O/c1-11-5-3-4-6-15(11)18-10-14-8-7-13(16(17)19)9-12(14)2/h7-9,11,15,18H,3-6,10H2,1-2H3,(H2,17,19). The van der Waals surface area contributed by atoms with Crippen LogP contribution in [0.25, 0.3) is 0 Å². The Balaban J connectivity index is 1.97. The number of rotatable bonds is 4. The molecule has 0 spiro atoms. The summed E-state index contributed by atoms with van der Waals surface area (Å²) in [6, 6.07) is 6.33. The van der Waals surface area contributed by atoms with E-state index < -0.39 is 0 Å². The van der Waals surface area contributed by atoms with Gasteiger partial charge in [-0.05, 0) is 48.9 Å². The number of carbonyl (C=O) groups is 1. The van der Waals surface area contributed by atoms with Gasteiger partial charge in [0, 0.05) is 18.2 Å². The van der Waals surface area contributed by atoms with Gasteiger partial charge in [-0.2, -0.15) is 0 Å². The molecule has 104 valence electrons. The molecule has 1 saturated carbocycles. The minimum atomic E-state index is -0.358. The molecule has 1 aromatic rings. The van der Waals surface area contributed by atoms with Crippen LogP contribution in [0, 0.1) is 12.8 Å². The van der Waals surface area contributed by atoms with Gasteiger partial charge in [0.25, 0.3) is 0 Å². The van der Waals surface area contributed by atoms with Gasteiger partial charge in [0.15, 0.2) is 0 Å². The summed E-state index contributed by atoms with van der Waals surface area (Å²) in [6.45, 7) is 5.24. The Bertz CT molecular complexity index is 456. The molecular weight excluding hydrogens is 236 g/mol. The Morgan fingerprint density at radius 2 is 2.11 bits per heavy atom. The van der Waals surface area contributed by atoms with Crippen molar-refractivity contribution in [2.24, 2.45) is 11.7 Å². The van der Waals surface area contributed by atoms with E-state index in [4.69, 9.17) is 5.73 Å².